The Balaban J connectivity index is 2.30. The van der Waals surface area contributed by atoms with E-state index in [1.807, 2.05) is 5.01 Å². The molecule has 0 aromatic rings. The van der Waals surface area contributed by atoms with Crippen LogP contribution in [0.25, 0.3) is 0 Å². The van der Waals surface area contributed by atoms with Crippen LogP contribution in [-0.4, -0.2) is 57.0 Å². The van der Waals surface area contributed by atoms with Gasteiger partial charge >= 0.3 is 0 Å². The number of carbonyl (C=O) groups is 1. The van der Waals surface area contributed by atoms with Gasteiger partial charge in [-0.05, 0) is 0 Å². The standard InChI is InChI=1S/C8H17N3O3/c1-13-7(6-9)8(12)10-11-2-4-14-5-3-11/h7H,2-6,9H2,1H3,(H,10,12). The summed E-state index contributed by atoms with van der Waals surface area (Å²) < 4.78 is 10.1. The Hall–Kier alpha value is -0.690. The number of rotatable bonds is 4. The number of hydrazine groups is 1. The fraction of sp³-hybridized carbons (Fsp3) is 0.875. The quantitative estimate of drug-likeness (QED) is 0.571. The minimum atomic E-state index is -0.571. The molecular weight excluding hydrogens is 186 g/mol. The monoisotopic (exact) mass is 203 g/mol. The van der Waals surface area contributed by atoms with Gasteiger partial charge < -0.3 is 15.2 Å². The summed E-state index contributed by atoms with van der Waals surface area (Å²) in [7, 11) is 1.47. The average Bonchev–Trinajstić information content (AvgIpc) is 2.21. The van der Waals surface area contributed by atoms with Crippen molar-refractivity contribution in [2.75, 3.05) is 40.0 Å². The van der Waals surface area contributed by atoms with E-state index in [1.54, 1.807) is 0 Å². The van der Waals surface area contributed by atoms with Gasteiger partial charge in [-0.15, -0.1) is 0 Å². The number of ether oxygens (including phenoxy) is 2. The number of nitrogens with zero attached hydrogens (tertiary/aromatic N) is 1. The number of carbonyl (C=O) groups excluding carboxylic acids is 1. The lowest BCUT2D eigenvalue weighted by molar-refractivity contribution is -0.137. The number of hydrogen-bond donors (Lipinski definition) is 2. The van der Waals surface area contributed by atoms with Crippen LogP contribution in [0.3, 0.4) is 0 Å². The first kappa shape index (κ1) is 11.4. The molecule has 1 fully saturated rings. The summed E-state index contributed by atoms with van der Waals surface area (Å²) in [5.74, 6) is -0.197. The molecule has 1 aliphatic heterocycles. The van der Waals surface area contributed by atoms with Gasteiger partial charge in [0.2, 0.25) is 0 Å². The molecule has 0 aromatic heterocycles. The number of nitrogens with two attached hydrogens (primary N) is 1. The summed E-state index contributed by atoms with van der Waals surface area (Å²) in [6.45, 7) is 2.87. The van der Waals surface area contributed by atoms with Gasteiger partial charge in [0.05, 0.1) is 13.2 Å². The van der Waals surface area contributed by atoms with E-state index in [2.05, 4.69) is 5.43 Å². The summed E-state index contributed by atoms with van der Waals surface area (Å²) in [6, 6.07) is 0. The van der Waals surface area contributed by atoms with E-state index in [0.717, 1.165) is 0 Å². The zero-order valence-corrected chi connectivity index (χ0v) is 8.36. The highest BCUT2D eigenvalue weighted by atomic mass is 16.5. The lowest BCUT2D eigenvalue weighted by Gasteiger charge is -2.28. The van der Waals surface area contributed by atoms with Crippen LogP contribution in [0.5, 0.6) is 0 Å². The molecule has 1 aliphatic rings. The topological polar surface area (TPSA) is 76.8 Å². The number of amides is 1. The average molecular weight is 203 g/mol. The SMILES string of the molecule is COC(CN)C(=O)NN1CCOCC1. The second-order valence-electron chi connectivity index (χ2n) is 3.04. The zero-order valence-electron chi connectivity index (χ0n) is 8.36. The van der Waals surface area contributed by atoms with E-state index in [1.165, 1.54) is 7.11 Å². The predicted octanol–water partition coefficient (Wildman–Crippen LogP) is -1.68. The number of nitrogens with one attached hydrogen (secondary N) is 1. The van der Waals surface area contributed by atoms with Crippen LogP contribution < -0.4 is 11.2 Å². The first-order chi connectivity index (χ1) is 6.77. The van der Waals surface area contributed by atoms with E-state index in [0.29, 0.717) is 26.3 Å². The Morgan fingerprint density at radius 2 is 2.29 bits per heavy atom. The minimum Gasteiger partial charge on any atom is -0.379 e. The Morgan fingerprint density at radius 1 is 1.64 bits per heavy atom. The Kier molecular flexibility index (Phi) is 4.81. The van der Waals surface area contributed by atoms with Crippen molar-refractivity contribution in [3.8, 4) is 0 Å². The molecule has 1 rings (SSSR count). The van der Waals surface area contributed by atoms with Crippen molar-refractivity contribution in [1.82, 2.24) is 10.4 Å². The summed E-state index contributed by atoms with van der Waals surface area (Å²) in [5, 5.41) is 1.81. The molecule has 0 aliphatic carbocycles. The van der Waals surface area contributed by atoms with Crippen LogP contribution in [0.1, 0.15) is 0 Å². The molecule has 0 saturated carbocycles. The van der Waals surface area contributed by atoms with Crippen LogP contribution in [0.2, 0.25) is 0 Å². The van der Waals surface area contributed by atoms with E-state index in [9.17, 15) is 4.79 Å². The van der Waals surface area contributed by atoms with Crippen molar-refractivity contribution < 1.29 is 14.3 Å². The normalized spacial score (nSPS) is 20.4. The van der Waals surface area contributed by atoms with Crippen LogP contribution in [-0.2, 0) is 14.3 Å². The Labute approximate surface area is 83.3 Å². The summed E-state index contributed by atoms with van der Waals surface area (Å²) in [4.78, 5) is 11.5. The first-order valence-corrected chi connectivity index (χ1v) is 4.64. The highest BCUT2D eigenvalue weighted by molar-refractivity contribution is 5.80. The van der Waals surface area contributed by atoms with Gasteiger partial charge in [0.15, 0.2) is 0 Å². The summed E-state index contributed by atoms with van der Waals surface area (Å²) in [5.41, 5.74) is 8.09. The molecule has 0 aromatic carbocycles. The van der Waals surface area contributed by atoms with Crippen LogP contribution in [0.15, 0.2) is 0 Å². The van der Waals surface area contributed by atoms with Gasteiger partial charge in [-0.1, -0.05) is 0 Å². The van der Waals surface area contributed by atoms with E-state index in [4.69, 9.17) is 15.2 Å². The second-order valence-corrected chi connectivity index (χ2v) is 3.04. The van der Waals surface area contributed by atoms with Crippen molar-refractivity contribution in [2.24, 2.45) is 5.73 Å². The zero-order chi connectivity index (χ0) is 10.4. The fourth-order valence-electron chi connectivity index (χ4n) is 1.21. The number of morpholine rings is 1. The molecule has 1 unspecified atom stereocenters. The van der Waals surface area contributed by atoms with Crippen molar-refractivity contribution in [2.45, 2.75) is 6.10 Å². The van der Waals surface area contributed by atoms with Gasteiger partial charge in [0.25, 0.3) is 5.91 Å². The van der Waals surface area contributed by atoms with Crippen molar-refractivity contribution in [1.29, 1.82) is 0 Å². The molecule has 82 valence electrons. The van der Waals surface area contributed by atoms with Crippen molar-refractivity contribution in [3.05, 3.63) is 0 Å². The summed E-state index contributed by atoms with van der Waals surface area (Å²) >= 11 is 0. The molecule has 1 amide bonds. The third-order valence-corrected chi connectivity index (χ3v) is 2.07. The van der Waals surface area contributed by atoms with Crippen LogP contribution >= 0.6 is 0 Å². The van der Waals surface area contributed by atoms with Gasteiger partial charge in [0.1, 0.15) is 6.10 Å². The maximum absolute atomic E-state index is 11.5. The van der Waals surface area contributed by atoms with Gasteiger partial charge in [-0.2, -0.15) is 0 Å². The molecule has 0 radical (unpaired) electrons. The van der Waals surface area contributed by atoms with E-state index >= 15 is 0 Å². The smallest absolute Gasteiger partial charge is 0.264 e. The fourth-order valence-corrected chi connectivity index (χ4v) is 1.21. The lowest BCUT2D eigenvalue weighted by Crippen LogP contribution is -2.52. The predicted molar refractivity (Wildman–Crippen MR) is 50.4 cm³/mol. The molecule has 1 saturated heterocycles. The Bertz CT molecular complexity index is 179. The van der Waals surface area contributed by atoms with E-state index < -0.39 is 6.10 Å². The van der Waals surface area contributed by atoms with Crippen LogP contribution in [0.4, 0.5) is 0 Å². The molecule has 6 heteroatoms. The second kappa shape index (κ2) is 5.92. The molecule has 6 nitrogen and oxygen atoms in total. The maximum Gasteiger partial charge on any atom is 0.264 e. The minimum absolute atomic E-state index is 0.187. The van der Waals surface area contributed by atoms with Gasteiger partial charge in [-0.25, -0.2) is 5.01 Å². The van der Waals surface area contributed by atoms with E-state index in [-0.39, 0.29) is 12.5 Å². The number of hydrogen-bond acceptors (Lipinski definition) is 5. The summed E-state index contributed by atoms with van der Waals surface area (Å²) in [6.07, 6.45) is -0.571. The van der Waals surface area contributed by atoms with Gasteiger partial charge in [0, 0.05) is 26.7 Å². The van der Waals surface area contributed by atoms with Crippen molar-refractivity contribution >= 4 is 5.91 Å². The molecule has 14 heavy (non-hydrogen) atoms. The van der Waals surface area contributed by atoms with Gasteiger partial charge in [-0.3, -0.25) is 10.2 Å². The largest absolute Gasteiger partial charge is 0.379 e. The maximum atomic E-state index is 11.5. The van der Waals surface area contributed by atoms with Crippen LogP contribution in [0, 0.1) is 0 Å². The molecule has 1 heterocycles. The molecule has 0 bridgehead atoms. The molecule has 0 spiro atoms. The Morgan fingerprint density at radius 3 is 2.79 bits per heavy atom. The lowest BCUT2D eigenvalue weighted by atomic mass is 10.3. The molecule has 1 atom stereocenters. The first-order valence-electron chi connectivity index (χ1n) is 4.64. The highest BCUT2D eigenvalue weighted by Crippen LogP contribution is 1.94. The molecule has 3 N–H and O–H groups in total. The molecular formula is C8H17N3O3. The van der Waals surface area contributed by atoms with Crippen molar-refractivity contribution in [3.63, 3.8) is 0 Å². The third-order valence-electron chi connectivity index (χ3n) is 2.07. The highest BCUT2D eigenvalue weighted by Gasteiger charge is 2.19. The third kappa shape index (κ3) is 3.22. The number of methoxy groups -OCH3 is 1.